The van der Waals surface area contributed by atoms with Gasteiger partial charge in [-0.2, -0.15) is 39.5 Å². The highest BCUT2D eigenvalue weighted by Gasteiger charge is 3.01. The highest BCUT2D eigenvalue weighted by Crippen LogP contribution is 2.69. The van der Waals surface area contributed by atoms with Crippen LogP contribution in [0.5, 0.6) is 0 Å². The van der Waals surface area contributed by atoms with Crippen molar-refractivity contribution in [1.82, 2.24) is 0 Å². The van der Waals surface area contributed by atoms with E-state index >= 15 is 0 Å². The first-order valence-electron chi connectivity index (χ1n) is 3.56. The van der Waals surface area contributed by atoms with Crippen LogP contribution in [0.1, 0.15) is 0 Å². The monoisotopic (exact) mass is 262 g/mol. The molecule has 10 heteroatoms. The maximum absolute atomic E-state index is 12.9. The van der Waals surface area contributed by atoms with Gasteiger partial charge in [-0.3, -0.25) is 0 Å². The van der Waals surface area contributed by atoms with Crippen molar-refractivity contribution in [2.24, 2.45) is 0 Å². The Morgan fingerprint density at radius 1 is 0.562 bits per heavy atom. The van der Waals surface area contributed by atoms with Gasteiger partial charge in [-0.25, -0.2) is 0 Å². The summed E-state index contributed by atoms with van der Waals surface area (Å²) in [5.41, 5.74) is 0. The van der Waals surface area contributed by atoms with Crippen LogP contribution in [0, 0.1) is 0 Å². The predicted molar refractivity (Wildman–Crippen MR) is 30.6 cm³/mol. The van der Waals surface area contributed by atoms with E-state index in [0.717, 1.165) is 0 Å². The van der Waals surface area contributed by atoms with Crippen LogP contribution in [0.2, 0.25) is 0 Å². The van der Waals surface area contributed by atoms with E-state index in [-0.39, 0.29) is 7.11 Å². The van der Waals surface area contributed by atoms with Crippen LogP contribution in [-0.2, 0) is 4.74 Å². The molecule has 0 atom stereocenters. The van der Waals surface area contributed by atoms with E-state index in [2.05, 4.69) is 4.74 Å². The molecule has 0 heterocycles. The zero-order valence-corrected chi connectivity index (χ0v) is 7.31. The average Bonchev–Trinajstić information content (AvgIpc) is 2.18. The van der Waals surface area contributed by atoms with Gasteiger partial charge in [-0.15, -0.1) is 0 Å². The van der Waals surface area contributed by atoms with Gasteiger partial charge in [0.2, 0.25) is 0 Å². The third-order valence-corrected chi connectivity index (χ3v) is 2.27. The molecule has 1 aliphatic carbocycles. The number of alkyl halides is 9. The smallest absolute Gasteiger partial charge is 0.340 e. The minimum atomic E-state index is -6.56. The zero-order chi connectivity index (χ0) is 13.2. The third-order valence-electron chi connectivity index (χ3n) is 2.27. The first-order valence-corrected chi connectivity index (χ1v) is 3.56. The quantitative estimate of drug-likeness (QED) is 0.660. The van der Waals surface area contributed by atoms with Crippen LogP contribution < -0.4 is 0 Å². The Hall–Kier alpha value is -0.670. The molecule has 1 fully saturated rings. The highest BCUT2D eigenvalue weighted by atomic mass is 19.4. The van der Waals surface area contributed by atoms with Gasteiger partial charge in [0.05, 0.1) is 0 Å². The predicted octanol–water partition coefficient (Wildman–Crippen LogP) is 2.85. The standard InChI is InChI=1S/C6H3F9O/c1-16-6(15)4(11,12)2(7,8)3(9,10)5(6,13)14/h1H3. The Kier molecular flexibility index (Phi) is 2.32. The summed E-state index contributed by atoms with van der Waals surface area (Å²) >= 11 is 0. The van der Waals surface area contributed by atoms with Crippen molar-refractivity contribution in [3.05, 3.63) is 0 Å². The number of hydrogen-bond acceptors (Lipinski definition) is 1. The van der Waals surface area contributed by atoms with Gasteiger partial charge in [0.25, 0.3) is 0 Å². The Morgan fingerprint density at radius 2 is 0.812 bits per heavy atom. The van der Waals surface area contributed by atoms with Crippen LogP contribution in [0.15, 0.2) is 0 Å². The van der Waals surface area contributed by atoms with Crippen molar-refractivity contribution in [1.29, 1.82) is 0 Å². The minimum absolute atomic E-state index is 0.140. The lowest BCUT2D eigenvalue weighted by molar-refractivity contribution is -0.348. The number of ether oxygens (including phenoxy) is 1. The summed E-state index contributed by atoms with van der Waals surface area (Å²) in [6, 6.07) is 0. The van der Waals surface area contributed by atoms with E-state index in [4.69, 9.17) is 0 Å². The van der Waals surface area contributed by atoms with Crippen LogP contribution >= 0.6 is 0 Å². The molecule has 1 saturated carbocycles. The van der Waals surface area contributed by atoms with Crippen molar-refractivity contribution < 1.29 is 44.3 Å². The fraction of sp³-hybridized carbons (Fsp3) is 1.00. The molecule has 0 aromatic carbocycles. The van der Waals surface area contributed by atoms with Gasteiger partial charge in [-0.05, 0) is 0 Å². The molecule has 1 rings (SSSR count). The molecule has 16 heavy (non-hydrogen) atoms. The van der Waals surface area contributed by atoms with Gasteiger partial charge in [0, 0.05) is 7.11 Å². The van der Waals surface area contributed by atoms with Crippen molar-refractivity contribution in [2.45, 2.75) is 29.5 Å². The average molecular weight is 262 g/mol. The molecule has 0 amide bonds. The van der Waals surface area contributed by atoms with E-state index in [1.54, 1.807) is 0 Å². The number of rotatable bonds is 1. The molecule has 0 aromatic heterocycles. The molecule has 1 nitrogen and oxygen atoms in total. The molecule has 0 aromatic rings. The van der Waals surface area contributed by atoms with Crippen LogP contribution in [0.25, 0.3) is 0 Å². The molecule has 0 bridgehead atoms. The highest BCUT2D eigenvalue weighted by molar-refractivity contribution is 5.23. The van der Waals surface area contributed by atoms with Crippen LogP contribution in [0.3, 0.4) is 0 Å². The summed E-state index contributed by atoms with van der Waals surface area (Å²) in [5, 5.41) is 0. The summed E-state index contributed by atoms with van der Waals surface area (Å²) in [7, 11) is -0.140. The van der Waals surface area contributed by atoms with Crippen molar-refractivity contribution in [3.8, 4) is 0 Å². The number of hydrogen-bond donors (Lipinski definition) is 0. The fourth-order valence-electron chi connectivity index (χ4n) is 1.25. The van der Waals surface area contributed by atoms with Gasteiger partial charge < -0.3 is 4.74 Å². The Bertz CT molecular complexity index is 283. The van der Waals surface area contributed by atoms with Gasteiger partial charge in [0.1, 0.15) is 0 Å². The molecule has 0 radical (unpaired) electrons. The summed E-state index contributed by atoms with van der Waals surface area (Å²) < 4.78 is 116. The van der Waals surface area contributed by atoms with Gasteiger partial charge in [0.15, 0.2) is 0 Å². The summed E-state index contributed by atoms with van der Waals surface area (Å²) in [6.07, 6.45) is 0. The van der Waals surface area contributed by atoms with E-state index in [9.17, 15) is 39.5 Å². The normalized spacial score (nSPS) is 32.6. The van der Waals surface area contributed by atoms with E-state index in [0.29, 0.717) is 0 Å². The molecule has 96 valence electrons. The second-order valence-electron chi connectivity index (χ2n) is 3.10. The molecule has 0 N–H and O–H groups in total. The topological polar surface area (TPSA) is 9.23 Å². The maximum Gasteiger partial charge on any atom is 0.384 e. The Balaban J connectivity index is 3.58. The Morgan fingerprint density at radius 3 is 0.938 bits per heavy atom. The third kappa shape index (κ3) is 0.905. The minimum Gasteiger partial charge on any atom is -0.340 e. The fourth-order valence-corrected chi connectivity index (χ4v) is 1.25. The zero-order valence-electron chi connectivity index (χ0n) is 7.31. The number of methoxy groups -OCH3 is 1. The van der Waals surface area contributed by atoms with Crippen molar-refractivity contribution in [2.75, 3.05) is 7.11 Å². The van der Waals surface area contributed by atoms with Crippen LogP contribution in [-0.4, -0.2) is 36.7 Å². The van der Waals surface area contributed by atoms with Crippen molar-refractivity contribution in [3.63, 3.8) is 0 Å². The lowest BCUT2D eigenvalue weighted by Crippen LogP contribution is -2.56. The first-order chi connectivity index (χ1) is 6.81. The van der Waals surface area contributed by atoms with E-state index in [1.807, 2.05) is 0 Å². The second kappa shape index (κ2) is 2.77. The van der Waals surface area contributed by atoms with Gasteiger partial charge in [-0.1, -0.05) is 0 Å². The van der Waals surface area contributed by atoms with E-state index < -0.39 is 29.5 Å². The Labute approximate surface area is 82.2 Å². The molecule has 0 aliphatic heterocycles. The molecule has 0 spiro atoms. The first kappa shape index (κ1) is 13.4. The van der Waals surface area contributed by atoms with Crippen molar-refractivity contribution >= 4 is 0 Å². The second-order valence-corrected chi connectivity index (χ2v) is 3.10. The number of halogens is 9. The van der Waals surface area contributed by atoms with Crippen LogP contribution in [0.4, 0.5) is 39.5 Å². The summed E-state index contributed by atoms with van der Waals surface area (Å²) in [6.45, 7) is 0. The molecular formula is C6H3F9O. The molecule has 0 unspecified atom stereocenters. The molecular weight excluding hydrogens is 259 g/mol. The van der Waals surface area contributed by atoms with Gasteiger partial charge >= 0.3 is 29.5 Å². The summed E-state index contributed by atoms with van der Waals surface area (Å²) in [4.78, 5) is 0. The maximum atomic E-state index is 12.9. The molecule has 1 aliphatic rings. The SMILES string of the molecule is COC1(F)C(F)(F)C(F)(F)C(F)(F)C1(F)F. The lowest BCUT2D eigenvalue weighted by atomic mass is 10.1. The van der Waals surface area contributed by atoms with E-state index in [1.165, 1.54) is 0 Å². The summed E-state index contributed by atoms with van der Waals surface area (Å²) in [5.74, 6) is -31.6. The molecule has 0 saturated heterocycles. The lowest BCUT2D eigenvalue weighted by Gasteiger charge is -2.28. The largest absolute Gasteiger partial charge is 0.384 e.